The zero-order valence-corrected chi connectivity index (χ0v) is 24.1. The Morgan fingerprint density at radius 1 is 1.27 bits per heavy atom. The van der Waals surface area contributed by atoms with Gasteiger partial charge in [-0.05, 0) is 62.7 Å². The summed E-state index contributed by atoms with van der Waals surface area (Å²) in [5, 5.41) is 24.1. The lowest BCUT2D eigenvalue weighted by Crippen LogP contribution is -2.46. The topological polar surface area (TPSA) is 119 Å². The van der Waals surface area contributed by atoms with Crippen molar-refractivity contribution < 1.29 is 29.3 Å². The zero-order valence-electron chi connectivity index (χ0n) is 23.3. The van der Waals surface area contributed by atoms with Gasteiger partial charge in [0, 0.05) is 23.4 Å². The fourth-order valence-electron chi connectivity index (χ4n) is 5.09. The molecule has 0 amide bonds. The van der Waals surface area contributed by atoms with Crippen LogP contribution in [0.4, 0.5) is 0 Å². The smallest absolute Gasteiger partial charge is 0.309 e. The molecule has 1 aliphatic heterocycles. The molecule has 0 saturated heterocycles. The normalized spacial score (nSPS) is 35.6. The number of methoxy groups -OCH3 is 1. The van der Waals surface area contributed by atoms with Gasteiger partial charge in [-0.1, -0.05) is 51.1 Å². The third-order valence-corrected chi connectivity index (χ3v) is 8.76. The average molecular weight is 536 g/mol. The fraction of sp³-hybridized carbons (Fsp3) is 0.655. The number of carbonyl (C=O) groups excluding carboxylic acids is 2. The first-order chi connectivity index (χ1) is 17.2. The van der Waals surface area contributed by atoms with E-state index in [0.717, 1.165) is 18.4 Å². The summed E-state index contributed by atoms with van der Waals surface area (Å²) in [5.74, 6) is -0.722. The number of ether oxygens (including phenoxy) is 2. The first kappa shape index (κ1) is 31.2. The molecule has 1 aliphatic carbocycles. The maximum atomic E-state index is 13.3. The van der Waals surface area contributed by atoms with Crippen molar-refractivity contribution in [2.45, 2.75) is 85.5 Å². The maximum absolute atomic E-state index is 13.3. The summed E-state index contributed by atoms with van der Waals surface area (Å²) >= 11 is 1.26. The molecule has 1 heterocycles. The van der Waals surface area contributed by atoms with Crippen molar-refractivity contribution >= 4 is 23.5 Å². The summed E-state index contributed by atoms with van der Waals surface area (Å²) in [6, 6.07) is 0. The minimum atomic E-state index is -1.25. The van der Waals surface area contributed by atoms with E-state index in [1.165, 1.54) is 24.4 Å². The second kappa shape index (κ2) is 13.2. The number of ketones is 1. The van der Waals surface area contributed by atoms with Gasteiger partial charge in [0.1, 0.15) is 17.0 Å². The van der Waals surface area contributed by atoms with Crippen molar-refractivity contribution in [1.29, 1.82) is 0 Å². The Bertz CT molecular complexity index is 952. The van der Waals surface area contributed by atoms with Gasteiger partial charge in [0.05, 0.1) is 31.2 Å². The fourth-order valence-corrected chi connectivity index (χ4v) is 5.52. The highest BCUT2D eigenvalue weighted by molar-refractivity contribution is 8.05. The van der Waals surface area contributed by atoms with Crippen molar-refractivity contribution in [2.24, 2.45) is 34.8 Å². The predicted molar refractivity (Wildman–Crippen MR) is 148 cm³/mol. The molecule has 208 valence electrons. The highest BCUT2D eigenvalue weighted by Gasteiger charge is 2.47. The third-order valence-electron chi connectivity index (χ3n) is 7.94. The molecule has 1 fully saturated rings. The van der Waals surface area contributed by atoms with Crippen LogP contribution >= 0.6 is 11.8 Å². The Morgan fingerprint density at radius 3 is 2.54 bits per heavy atom. The number of nitrogens with two attached hydrogens (primary N) is 1. The molecular weight excluding hydrogens is 490 g/mol. The van der Waals surface area contributed by atoms with Crippen LogP contribution in [0.5, 0.6) is 0 Å². The number of cyclic esters (lactones) is 1. The minimum Gasteiger partial charge on any atom is -0.491 e. The summed E-state index contributed by atoms with van der Waals surface area (Å²) in [6.07, 6.45) is 3.27. The van der Waals surface area contributed by atoms with Crippen LogP contribution in [0.3, 0.4) is 0 Å². The predicted octanol–water partition coefficient (Wildman–Crippen LogP) is 4.85. The number of esters is 1. The number of rotatable bonds is 5. The Labute approximate surface area is 226 Å². The highest BCUT2D eigenvalue weighted by atomic mass is 32.2. The Kier molecular flexibility index (Phi) is 11.1. The van der Waals surface area contributed by atoms with E-state index in [1.54, 1.807) is 32.3 Å². The van der Waals surface area contributed by atoms with Crippen LogP contribution in [0.1, 0.15) is 67.2 Å². The van der Waals surface area contributed by atoms with Crippen molar-refractivity contribution in [3.8, 4) is 0 Å². The molecule has 0 bridgehead atoms. The van der Waals surface area contributed by atoms with Gasteiger partial charge in [0.25, 0.3) is 0 Å². The maximum Gasteiger partial charge on any atom is 0.309 e. The third kappa shape index (κ3) is 8.48. The van der Waals surface area contributed by atoms with E-state index in [0.29, 0.717) is 29.0 Å². The van der Waals surface area contributed by atoms with Gasteiger partial charge in [-0.2, -0.15) is 0 Å². The molecule has 2 unspecified atom stereocenters. The molecule has 0 aromatic carbocycles. The van der Waals surface area contributed by atoms with E-state index >= 15 is 0 Å². The molecule has 2 rings (SSSR count). The van der Waals surface area contributed by atoms with Crippen LogP contribution in [0.25, 0.3) is 0 Å². The standard InChI is InChI=1S/C29H45NO6S/c1-16-9-10-24(17(2)12-22(30)15-37-20(5)35-8)36-26(32)14-25(31)29(6,7)28(34)19(4)27(33)18(3)23-13-21(23)11-16/h9,12,15,18-19,21,23-25,27,31,33H,5,10-11,13-14,30H2,1-4,6-8H3/b16-9-,17-12+,22-15-/t18-,19+,21?,23?,24-,25-,27-/m0/s1. The van der Waals surface area contributed by atoms with E-state index in [9.17, 15) is 19.8 Å². The van der Waals surface area contributed by atoms with Crippen molar-refractivity contribution in [3.05, 3.63) is 46.1 Å². The van der Waals surface area contributed by atoms with E-state index in [-0.39, 0.29) is 18.1 Å². The molecule has 0 spiro atoms. The van der Waals surface area contributed by atoms with Gasteiger partial charge in [0.2, 0.25) is 0 Å². The first-order valence-electron chi connectivity index (χ1n) is 13.0. The zero-order chi connectivity index (χ0) is 28.1. The molecule has 1 saturated carbocycles. The summed E-state index contributed by atoms with van der Waals surface area (Å²) in [5.41, 5.74) is 7.34. The van der Waals surface area contributed by atoms with Crippen LogP contribution in [0.2, 0.25) is 0 Å². The van der Waals surface area contributed by atoms with Gasteiger partial charge < -0.3 is 25.4 Å². The Hall–Kier alpha value is -2.03. The molecule has 7 atom stereocenters. The summed E-state index contributed by atoms with van der Waals surface area (Å²) < 4.78 is 10.8. The van der Waals surface area contributed by atoms with E-state index in [4.69, 9.17) is 15.2 Å². The van der Waals surface area contributed by atoms with Crippen LogP contribution in [0, 0.1) is 29.1 Å². The second-order valence-electron chi connectivity index (χ2n) is 11.3. The molecule has 37 heavy (non-hydrogen) atoms. The molecule has 4 N–H and O–H groups in total. The number of hydrogen-bond acceptors (Lipinski definition) is 8. The van der Waals surface area contributed by atoms with Crippen LogP contribution in [0.15, 0.2) is 46.1 Å². The molecule has 0 radical (unpaired) electrons. The monoisotopic (exact) mass is 535 g/mol. The van der Waals surface area contributed by atoms with Crippen LogP contribution in [-0.2, 0) is 19.1 Å². The number of allylic oxidation sites excluding steroid dienone is 2. The van der Waals surface area contributed by atoms with Crippen molar-refractivity contribution in [3.63, 3.8) is 0 Å². The first-order valence-corrected chi connectivity index (χ1v) is 13.9. The summed E-state index contributed by atoms with van der Waals surface area (Å²) in [7, 11) is 1.53. The van der Waals surface area contributed by atoms with Crippen molar-refractivity contribution in [2.75, 3.05) is 7.11 Å². The number of carbonyl (C=O) groups is 2. The molecule has 8 heteroatoms. The average Bonchev–Trinajstić information content (AvgIpc) is 3.60. The molecule has 0 aromatic heterocycles. The van der Waals surface area contributed by atoms with Crippen LogP contribution < -0.4 is 5.73 Å². The van der Waals surface area contributed by atoms with Crippen molar-refractivity contribution in [1.82, 2.24) is 0 Å². The number of aliphatic hydroxyl groups excluding tert-OH is 2. The summed E-state index contributed by atoms with van der Waals surface area (Å²) in [4.78, 5) is 26.2. The van der Waals surface area contributed by atoms with E-state index in [1.807, 2.05) is 13.8 Å². The Balaban J connectivity index is 2.34. The number of hydrogen-bond donors (Lipinski definition) is 3. The molecule has 7 nitrogen and oxygen atoms in total. The summed E-state index contributed by atoms with van der Waals surface area (Å²) in [6.45, 7) is 14.6. The van der Waals surface area contributed by atoms with Gasteiger partial charge in [-0.15, -0.1) is 0 Å². The largest absolute Gasteiger partial charge is 0.491 e. The van der Waals surface area contributed by atoms with Gasteiger partial charge in [-0.25, -0.2) is 0 Å². The number of Topliss-reactive ketones (excluding diaryl/α,β-unsaturated/α-hetero) is 1. The molecule has 0 aromatic rings. The minimum absolute atomic E-state index is 0.0256. The Morgan fingerprint density at radius 2 is 1.92 bits per heavy atom. The lowest BCUT2D eigenvalue weighted by Gasteiger charge is -2.34. The van der Waals surface area contributed by atoms with Crippen LogP contribution in [-0.4, -0.2) is 47.4 Å². The SMILES string of the molecule is C=C(OC)S/C=C(N)/C=C(\C)[C@@H]1C/C=C(/C)CC2CC2[C@H](C)[C@H](O)[C@@H](C)C(=O)C(C)(C)[C@@H](O)CC(=O)O1. The number of thioether (sulfide) groups is 1. The quantitative estimate of drug-likeness (QED) is 0.198. The lowest BCUT2D eigenvalue weighted by atomic mass is 9.72. The highest BCUT2D eigenvalue weighted by Crippen LogP contribution is 2.50. The van der Waals surface area contributed by atoms with Gasteiger partial charge >= 0.3 is 5.97 Å². The van der Waals surface area contributed by atoms with Gasteiger partial charge in [0.15, 0.2) is 0 Å². The van der Waals surface area contributed by atoms with Gasteiger partial charge in [-0.3, -0.25) is 9.59 Å². The number of fused-ring (bicyclic) bond motifs is 1. The number of aliphatic hydroxyl groups is 2. The van der Waals surface area contributed by atoms with E-state index < -0.39 is 35.6 Å². The molecule has 2 aliphatic rings. The lowest BCUT2D eigenvalue weighted by molar-refractivity contribution is -0.154. The van der Waals surface area contributed by atoms with E-state index in [2.05, 4.69) is 19.6 Å². The second-order valence-corrected chi connectivity index (χ2v) is 12.2. The molecular formula is C29H45NO6S.